The maximum atomic E-state index is 13.0. The molecule has 0 radical (unpaired) electrons. The van der Waals surface area contributed by atoms with Crippen molar-refractivity contribution < 1.29 is 9.59 Å². The molecule has 4 aromatic rings. The van der Waals surface area contributed by atoms with Crippen molar-refractivity contribution in [2.24, 2.45) is 0 Å². The zero-order valence-electron chi connectivity index (χ0n) is 17.9. The van der Waals surface area contributed by atoms with E-state index in [9.17, 15) is 9.59 Å². The Morgan fingerprint density at radius 1 is 0.969 bits per heavy atom. The third kappa shape index (κ3) is 4.83. The molecule has 162 valence electrons. The van der Waals surface area contributed by atoms with Gasteiger partial charge in [0.15, 0.2) is 5.65 Å². The average Bonchev–Trinajstić information content (AvgIpc) is 3.24. The van der Waals surface area contributed by atoms with Gasteiger partial charge in [-0.3, -0.25) is 9.59 Å². The van der Waals surface area contributed by atoms with Gasteiger partial charge in [-0.05, 0) is 18.1 Å². The molecule has 2 heterocycles. The van der Waals surface area contributed by atoms with Crippen molar-refractivity contribution in [3.63, 3.8) is 0 Å². The molecule has 2 aromatic carbocycles. The van der Waals surface area contributed by atoms with Crippen molar-refractivity contribution in [3.05, 3.63) is 84.1 Å². The highest BCUT2D eigenvalue weighted by Crippen LogP contribution is 2.25. The van der Waals surface area contributed by atoms with Crippen LogP contribution in [-0.4, -0.2) is 39.7 Å². The van der Waals surface area contributed by atoms with Gasteiger partial charge in [-0.15, -0.1) is 0 Å². The lowest BCUT2D eigenvalue weighted by atomic mass is 10.1. The maximum Gasteiger partial charge on any atom is 0.252 e. The molecule has 0 fully saturated rings. The largest absolute Gasteiger partial charge is 0.355 e. The summed E-state index contributed by atoms with van der Waals surface area (Å²) in [4.78, 5) is 29.8. The fraction of sp³-hybridized carbons (Fsp3) is 0.200. The molecule has 0 saturated carbocycles. The monoisotopic (exact) mass is 427 g/mol. The van der Waals surface area contributed by atoms with Crippen LogP contribution in [0.15, 0.2) is 72.9 Å². The number of rotatable bonds is 8. The first-order chi connectivity index (χ1) is 15.7. The average molecular weight is 428 g/mol. The Kier molecular flexibility index (Phi) is 6.55. The predicted octanol–water partition coefficient (Wildman–Crippen LogP) is 3.40. The summed E-state index contributed by atoms with van der Waals surface area (Å²) < 4.78 is 1.79. The number of hydrogen-bond donors (Lipinski definition) is 2. The van der Waals surface area contributed by atoms with Gasteiger partial charge < -0.3 is 10.6 Å². The van der Waals surface area contributed by atoms with E-state index < -0.39 is 0 Å². The Morgan fingerprint density at radius 3 is 2.41 bits per heavy atom. The molecule has 0 aliphatic heterocycles. The van der Waals surface area contributed by atoms with E-state index >= 15 is 0 Å². The second-order valence-electron chi connectivity index (χ2n) is 7.48. The molecule has 0 atom stereocenters. The molecule has 0 saturated heterocycles. The number of aromatic nitrogens is 3. The van der Waals surface area contributed by atoms with Crippen molar-refractivity contribution in [2.45, 2.75) is 19.9 Å². The van der Waals surface area contributed by atoms with Gasteiger partial charge in [-0.1, -0.05) is 67.6 Å². The Balaban J connectivity index is 1.70. The van der Waals surface area contributed by atoms with E-state index in [0.717, 1.165) is 17.5 Å². The first kappa shape index (κ1) is 21.2. The van der Waals surface area contributed by atoms with E-state index in [-0.39, 0.29) is 18.4 Å². The molecule has 2 N–H and O–H groups in total. The zero-order valence-corrected chi connectivity index (χ0v) is 17.9. The van der Waals surface area contributed by atoms with Gasteiger partial charge in [-0.2, -0.15) is 5.10 Å². The Labute approximate surface area is 186 Å². The Hall–Kier alpha value is -4.00. The van der Waals surface area contributed by atoms with Crippen LogP contribution in [-0.2, 0) is 11.3 Å². The zero-order chi connectivity index (χ0) is 22.3. The van der Waals surface area contributed by atoms with Crippen LogP contribution in [0.4, 0.5) is 0 Å². The number of nitrogens with zero attached hydrogens (tertiary/aromatic N) is 3. The topological polar surface area (TPSA) is 88.9 Å². The molecule has 7 heteroatoms. The van der Waals surface area contributed by atoms with E-state index in [2.05, 4.69) is 15.7 Å². The number of carbonyl (C=O) groups is 2. The standard InChI is InChI=1S/C25H25N5O2/c1-2-13-26-23(31)16-27-25(32)20-14-22(19-11-7-4-8-12-19)29-24-21(20)15-28-30(24)17-18-9-5-3-6-10-18/h3-12,14-15H,2,13,16-17H2,1H3,(H,26,31)(H,27,32). The van der Waals surface area contributed by atoms with Crippen molar-refractivity contribution in [3.8, 4) is 11.3 Å². The van der Waals surface area contributed by atoms with Crippen molar-refractivity contribution >= 4 is 22.8 Å². The van der Waals surface area contributed by atoms with Gasteiger partial charge >= 0.3 is 0 Å². The highest BCUT2D eigenvalue weighted by Gasteiger charge is 2.18. The molecular weight excluding hydrogens is 402 g/mol. The molecule has 0 bridgehead atoms. The van der Waals surface area contributed by atoms with Gasteiger partial charge in [0.1, 0.15) is 0 Å². The van der Waals surface area contributed by atoms with Crippen LogP contribution in [0.3, 0.4) is 0 Å². The van der Waals surface area contributed by atoms with Gasteiger partial charge in [0.2, 0.25) is 5.91 Å². The number of hydrogen-bond acceptors (Lipinski definition) is 4. The van der Waals surface area contributed by atoms with Crippen LogP contribution in [0.2, 0.25) is 0 Å². The van der Waals surface area contributed by atoms with Crippen molar-refractivity contribution in [1.29, 1.82) is 0 Å². The quantitative estimate of drug-likeness (QED) is 0.451. The SMILES string of the molecule is CCCNC(=O)CNC(=O)c1cc(-c2ccccc2)nc2c1cnn2Cc1ccccc1. The minimum Gasteiger partial charge on any atom is -0.355 e. The van der Waals surface area contributed by atoms with Gasteiger partial charge in [0.25, 0.3) is 5.91 Å². The van der Waals surface area contributed by atoms with Gasteiger partial charge in [0, 0.05) is 12.1 Å². The number of nitrogens with one attached hydrogen (secondary N) is 2. The molecule has 7 nitrogen and oxygen atoms in total. The van der Waals surface area contributed by atoms with Crippen molar-refractivity contribution in [1.82, 2.24) is 25.4 Å². The predicted molar refractivity (Wildman–Crippen MR) is 124 cm³/mol. The first-order valence-corrected chi connectivity index (χ1v) is 10.7. The number of carbonyl (C=O) groups excluding carboxylic acids is 2. The summed E-state index contributed by atoms with van der Waals surface area (Å²) in [6.07, 6.45) is 2.50. The number of benzene rings is 2. The highest BCUT2D eigenvalue weighted by atomic mass is 16.2. The van der Waals surface area contributed by atoms with E-state index in [1.165, 1.54) is 0 Å². The molecule has 0 spiro atoms. The van der Waals surface area contributed by atoms with Crippen LogP contribution in [0, 0.1) is 0 Å². The van der Waals surface area contributed by atoms with E-state index in [0.29, 0.717) is 35.4 Å². The van der Waals surface area contributed by atoms with Crippen LogP contribution >= 0.6 is 0 Å². The fourth-order valence-corrected chi connectivity index (χ4v) is 3.45. The maximum absolute atomic E-state index is 13.0. The van der Waals surface area contributed by atoms with Crippen molar-refractivity contribution in [2.75, 3.05) is 13.1 Å². The van der Waals surface area contributed by atoms with Gasteiger partial charge in [-0.25, -0.2) is 9.67 Å². The molecule has 0 aliphatic carbocycles. The Morgan fingerprint density at radius 2 is 1.69 bits per heavy atom. The molecule has 0 unspecified atom stereocenters. The van der Waals surface area contributed by atoms with E-state index in [1.54, 1.807) is 16.9 Å². The van der Waals surface area contributed by atoms with Crippen LogP contribution in [0.5, 0.6) is 0 Å². The third-order valence-electron chi connectivity index (χ3n) is 5.08. The molecule has 4 rings (SSSR count). The molecule has 32 heavy (non-hydrogen) atoms. The summed E-state index contributed by atoms with van der Waals surface area (Å²) in [5, 5.41) is 10.6. The summed E-state index contributed by atoms with van der Waals surface area (Å²) in [7, 11) is 0. The normalized spacial score (nSPS) is 10.8. The lowest BCUT2D eigenvalue weighted by molar-refractivity contribution is -0.120. The second-order valence-corrected chi connectivity index (χ2v) is 7.48. The van der Waals surface area contributed by atoms with E-state index in [4.69, 9.17) is 4.98 Å². The Bertz CT molecular complexity index is 1220. The van der Waals surface area contributed by atoms with E-state index in [1.807, 2.05) is 67.6 Å². The second kappa shape index (κ2) is 9.87. The minimum atomic E-state index is -0.333. The molecular formula is C25H25N5O2. The third-order valence-corrected chi connectivity index (χ3v) is 5.08. The summed E-state index contributed by atoms with van der Waals surface area (Å²) >= 11 is 0. The summed E-state index contributed by atoms with van der Waals surface area (Å²) in [6, 6.07) is 21.4. The molecule has 0 aliphatic rings. The van der Waals surface area contributed by atoms with Gasteiger partial charge in [0.05, 0.1) is 35.9 Å². The fourth-order valence-electron chi connectivity index (χ4n) is 3.45. The van der Waals surface area contributed by atoms with Crippen LogP contribution in [0.1, 0.15) is 29.3 Å². The molecule has 2 aromatic heterocycles. The smallest absolute Gasteiger partial charge is 0.252 e. The number of pyridine rings is 1. The number of amides is 2. The minimum absolute atomic E-state index is 0.0819. The molecule has 2 amide bonds. The summed E-state index contributed by atoms with van der Waals surface area (Å²) in [6.45, 7) is 3.01. The van der Waals surface area contributed by atoms with Crippen LogP contribution < -0.4 is 10.6 Å². The number of fused-ring (bicyclic) bond motifs is 1. The first-order valence-electron chi connectivity index (χ1n) is 10.7. The highest BCUT2D eigenvalue weighted by molar-refractivity contribution is 6.07. The lowest BCUT2D eigenvalue weighted by Gasteiger charge is -2.10. The van der Waals surface area contributed by atoms with Crippen LogP contribution in [0.25, 0.3) is 22.3 Å². The summed E-state index contributed by atoms with van der Waals surface area (Å²) in [5.74, 6) is -0.547. The summed E-state index contributed by atoms with van der Waals surface area (Å²) in [5.41, 5.74) is 3.72. The lowest BCUT2D eigenvalue weighted by Crippen LogP contribution is -2.37.